The number of ether oxygens (including phenoxy) is 1. The van der Waals surface area contributed by atoms with Crippen LogP contribution in [0.25, 0.3) is 0 Å². The maximum absolute atomic E-state index is 5.55. The first kappa shape index (κ1) is 14.6. The second-order valence-electron chi connectivity index (χ2n) is 5.04. The first-order valence-electron chi connectivity index (χ1n) is 7.04. The molecule has 0 radical (unpaired) electrons. The minimum absolute atomic E-state index is 0.490. The van der Waals surface area contributed by atoms with Crippen molar-refractivity contribution in [1.29, 1.82) is 0 Å². The Morgan fingerprint density at radius 1 is 1.37 bits per heavy atom. The highest BCUT2D eigenvalue weighted by Gasteiger charge is 2.27. The molecule has 1 aromatic heterocycles. The lowest BCUT2D eigenvalue weighted by Gasteiger charge is -2.35. The molecule has 0 aromatic carbocycles. The molecule has 1 fully saturated rings. The number of rotatable bonds is 5. The number of aromatic nitrogens is 2. The fourth-order valence-corrected chi connectivity index (χ4v) is 3.40. The summed E-state index contributed by atoms with van der Waals surface area (Å²) in [5.41, 5.74) is 0. The van der Waals surface area contributed by atoms with Crippen LogP contribution < -0.4 is 9.64 Å². The lowest BCUT2D eigenvalue weighted by Crippen LogP contribution is -2.41. The number of halogens is 1. The van der Waals surface area contributed by atoms with Crippen molar-refractivity contribution in [3.05, 3.63) is 12.4 Å². The minimum Gasteiger partial charge on any atom is -0.477 e. The molecule has 2 atom stereocenters. The van der Waals surface area contributed by atoms with Crippen molar-refractivity contribution in [2.45, 2.75) is 49.9 Å². The number of alkyl halides is 1. The van der Waals surface area contributed by atoms with E-state index in [0.717, 1.165) is 12.2 Å². The van der Waals surface area contributed by atoms with Gasteiger partial charge in [-0.25, -0.2) is 0 Å². The molecular weight excluding hydrogens is 306 g/mol. The summed E-state index contributed by atoms with van der Waals surface area (Å²) in [6, 6.07) is 0.490. The molecule has 0 spiro atoms. The molecular formula is C14H22BrN3O. The van der Waals surface area contributed by atoms with Crippen molar-refractivity contribution >= 4 is 21.7 Å². The molecule has 106 valence electrons. The second-order valence-corrected chi connectivity index (χ2v) is 6.22. The van der Waals surface area contributed by atoms with Crippen LogP contribution >= 0.6 is 15.9 Å². The quantitative estimate of drug-likeness (QED) is 0.777. The van der Waals surface area contributed by atoms with E-state index in [0.29, 0.717) is 23.4 Å². The Morgan fingerprint density at radius 2 is 2.16 bits per heavy atom. The van der Waals surface area contributed by atoms with Crippen molar-refractivity contribution in [3.63, 3.8) is 0 Å². The molecule has 5 heteroatoms. The van der Waals surface area contributed by atoms with Crippen LogP contribution in [0.3, 0.4) is 0 Å². The van der Waals surface area contributed by atoms with Gasteiger partial charge in [-0.2, -0.15) is 4.98 Å². The SMILES string of the molecule is CCCOc1cncc(N(C)C2CCCCC2Br)n1. The van der Waals surface area contributed by atoms with E-state index in [9.17, 15) is 0 Å². The third-order valence-electron chi connectivity index (χ3n) is 3.56. The van der Waals surface area contributed by atoms with Gasteiger partial charge in [0.15, 0.2) is 5.82 Å². The van der Waals surface area contributed by atoms with Crippen LogP contribution in [0.2, 0.25) is 0 Å². The molecule has 0 aliphatic heterocycles. The zero-order valence-corrected chi connectivity index (χ0v) is 13.3. The van der Waals surface area contributed by atoms with Gasteiger partial charge in [0.05, 0.1) is 19.0 Å². The molecule has 0 N–H and O–H groups in total. The fourth-order valence-electron chi connectivity index (χ4n) is 2.46. The van der Waals surface area contributed by atoms with Gasteiger partial charge >= 0.3 is 0 Å². The van der Waals surface area contributed by atoms with Crippen LogP contribution in [0.5, 0.6) is 5.88 Å². The van der Waals surface area contributed by atoms with Gasteiger partial charge in [0.2, 0.25) is 5.88 Å². The predicted molar refractivity (Wildman–Crippen MR) is 81.2 cm³/mol. The van der Waals surface area contributed by atoms with E-state index < -0.39 is 0 Å². The lowest BCUT2D eigenvalue weighted by atomic mass is 9.94. The molecule has 0 saturated heterocycles. The van der Waals surface area contributed by atoms with Crippen molar-refractivity contribution < 1.29 is 4.74 Å². The normalized spacial score (nSPS) is 23.1. The Kier molecular flexibility index (Phi) is 5.43. The third-order valence-corrected chi connectivity index (χ3v) is 4.63. The smallest absolute Gasteiger partial charge is 0.234 e. The van der Waals surface area contributed by atoms with Gasteiger partial charge in [-0.3, -0.25) is 4.98 Å². The summed E-state index contributed by atoms with van der Waals surface area (Å²) in [7, 11) is 2.10. The minimum atomic E-state index is 0.490. The average Bonchev–Trinajstić information content (AvgIpc) is 2.45. The van der Waals surface area contributed by atoms with Crippen LogP contribution in [0.1, 0.15) is 39.0 Å². The van der Waals surface area contributed by atoms with E-state index in [1.165, 1.54) is 25.7 Å². The van der Waals surface area contributed by atoms with Crippen molar-refractivity contribution in [1.82, 2.24) is 9.97 Å². The summed E-state index contributed by atoms with van der Waals surface area (Å²) in [5, 5.41) is 0. The number of nitrogens with zero attached hydrogens (tertiary/aromatic N) is 3. The predicted octanol–water partition coefficient (Wildman–Crippen LogP) is 3.41. The van der Waals surface area contributed by atoms with Gasteiger partial charge in [-0.1, -0.05) is 35.7 Å². The number of anilines is 1. The Morgan fingerprint density at radius 3 is 2.89 bits per heavy atom. The van der Waals surface area contributed by atoms with Crippen molar-refractivity contribution in [2.75, 3.05) is 18.6 Å². The molecule has 0 bridgehead atoms. The second kappa shape index (κ2) is 7.08. The molecule has 2 rings (SSSR count). The molecule has 2 unspecified atom stereocenters. The zero-order chi connectivity index (χ0) is 13.7. The molecule has 1 heterocycles. The fraction of sp³-hybridized carbons (Fsp3) is 0.714. The molecule has 0 amide bonds. The highest BCUT2D eigenvalue weighted by atomic mass is 79.9. The first-order valence-corrected chi connectivity index (χ1v) is 7.95. The van der Waals surface area contributed by atoms with Gasteiger partial charge in [0.1, 0.15) is 0 Å². The largest absolute Gasteiger partial charge is 0.477 e. The van der Waals surface area contributed by atoms with E-state index in [2.05, 4.69) is 44.8 Å². The van der Waals surface area contributed by atoms with Gasteiger partial charge < -0.3 is 9.64 Å². The average molecular weight is 328 g/mol. The van der Waals surface area contributed by atoms with Crippen LogP contribution in [-0.2, 0) is 0 Å². The van der Waals surface area contributed by atoms with Crippen molar-refractivity contribution in [3.8, 4) is 5.88 Å². The summed E-state index contributed by atoms with van der Waals surface area (Å²) in [5.74, 6) is 1.51. The summed E-state index contributed by atoms with van der Waals surface area (Å²) in [4.78, 5) is 11.5. The molecule has 1 aromatic rings. The lowest BCUT2D eigenvalue weighted by molar-refractivity contribution is 0.303. The molecule has 4 nitrogen and oxygen atoms in total. The highest BCUT2D eigenvalue weighted by molar-refractivity contribution is 9.09. The topological polar surface area (TPSA) is 38.2 Å². The molecule has 1 aliphatic carbocycles. The summed E-state index contributed by atoms with van der Waals surface area (Å²) in [6.07, 6.45) is 9.51. The summed E-state index contributed by atoms with van der Waals surface area (Å²) >= 11 is 3.79. The Bertz CT molecular complexity index is 402. The van der Waals surface area contributed by atoms with Crippen LogP contribution in [0.15, 0.2) is 12.4 Å². The Balaban J connectivity index is 2.07. The van der Waals surface area contributed by atoms with Crippen LogP contribution in [0.4, 0.5) is 5.82 Å². The summed E-state index contributed by atoms with van der Waals surface area (Å²) in [6.45, 7) is 2.77. The third kappa shape index (κ3) is 3.81. The van der Waals surface area contributed by atoms with Gasteiger partial charge in [0.25, 0.3) is 0 Å². The number of hydrogen-bond donors (Lipinski definition) is 0. The molecule has 19 heavy (non-hydrogen) atoms. The van der Waals surface area contributed by atoms with E-state index in [1.807, 2.05) is 6.20 Å². The standard InChI is InChI=1S/C14H22BrN3O/c1-3-8-19-14-10-16-9-13(17-14)18(2)12-7-5-4-6-11(12)15/h9-12H,3-8H2,1-2H3. The van der Waals surface area contributed by atoms with Gasteiger partial charge in [-0.05, 0) is 19.3 Å². The Labute approximate surface area is 123 Å². The van der Waals surface area contributed by atoms with E-state index in [-0.39, 0.29) is 0 Å². The van der Waals surface area contributed by atoms with Crippen LogP contribution in [0, 0.1) is 0 Å². The van der Waals surface area contributed by atoms with Crippen LogP contribution in [-0.4, -0.2) is 34.5 Å². The first-order chi connectivity index (χ1) is 9.22. The van der Waals surface area contributed by atoms with E-state index in [4.69, 9.17) is 4.74 Å². The molecule has 1 aliphatic rings. The van der Waals surface area contributed by atoms with E-state index >= 15 is 0 Å². The highest BCUT2D eigenvalue weighted by Crippen LogP contribution is 2.30. The van der Waals surface area contributed by atoms with Crippen molar-refractivity contribution in [2.24, 2.45) is 0 Å². The number of hydrogen-bond acceptors (Lipinski definition) is 4. The Hall–Kier alpha value is -0.840. The zero-order valence-electron chi connectivity index (χ0n) is 11.7. The van der Waals surface area contributed by atoms with E-state index in [1.54, 1.807) is 6.20 Å². The molecule has 1 saturated carbocycles. The maximum atomic E-state index is 5.55. The van der Waals surface area contributed by atoms with Gasteiger partial charge in [-0.15, -0.1) is 0 Å². The monoisotopic (exact) mass is 327 g/mol. The maximum Gasteiger partial charge on any atom is 0.234 e. The summed E-state index contributed by atoms with van der Waals surface area (Å²) < 4.78 is 5.55. The van der Waals surface area contributed by atoms with Gasteiger partial charge in [0, 0.05) is 17.9 Å².